The number of nitrogens with one attached hydrogen (secondary N) is 1. The van der Waals surface area contributed by atoms with E-state index in [4.69, 9.17) is 0 Å². The van der Waals surface area contributed by atoms with E-state index in [0.29, 0.717) is 6.04 Å². The molecular weight excluding hydrogens is 246 g/mol. The van der Waals surface area contributed by atoms with Gasteiger partial charge in [-0.3, -0.25) is 0 Å². The molecule has 0 fully saturated rings. The highest BCUT2D eigenvalue weighted by Gasteiger charge is 2.12. The monoisotopic (exact) mass is 263 g/mol. The quantitative estimate of drug-likeness (QED) is 0.803. The predicted octanol–water partition coefficient (Wildman–Crippen LogP) is 1.65. The van der Waals surface area contributed by atoms with E-state index < -0.39 is 0 Å². The van der Waals surface area contributed by atoms with Crippen LogP contribution in [-0.2, 0) is 7.05 Å². The highest BCUT2D eigenvalue weighted by molar-refractivity contribution is 7.99. The molecule has 2 rings (SSSR count). The molecule has 0 aliphatic rings. The maximum absolute atomic E-state index is 3.98. The van der Waals surface area contributed by atoms with Crippen LogP contribution in [0.5, 0.6) is 0 Å². The van der Waals surface area contributed by atoms with Gasteiger partial charge in [-0.15, -0.1) is 5.10 Å². The summed E-state index contributed by atoms with van der Waals surface area (Å²) in [5.41, 5.74) is 1.29. The van der Waals surface area contributed by atoms with Crippen LogP contribution in [0.2, 0.25) is 0 Å². The molecule has 1 aromatic heterocycles. The van der Waals surface area contributed by atoms with E-state index >= 15 is 0 Å². The zero-order valence-corrected chi connectivity index (χ0v) is 11.4. The van der Waals surface area contributed by atoms with E-state index in [1.807, 2.05) is 13.1 Å². The minimum atomic E-state index is 0.318. The van der Waals surface area contributed by atoms with E-state index in [0.717, 1.165) is 17.5 Å². The van der Waals surface area contributed by atoms with Crippen molar-refractivity contribution in [2.75, 3.05) is 12.3 Å². The summed E-state index contributed by atoms with van der Waals surface area (Å²) in [5.74, 6) is 0.909. The largest absolute Gasteiger partial charge is 0.309 e. The molecule has 0 saturated heterocycles. The summed E-state index contributed by atoms with van der Waals surface area (Å²) in [4.78, 5) is 0. The van der Waals surface area contributed by atoms with Crippen molar-refractivity contribution in [1.82, 2.24) is 25.5 Å². The van der Waals surface area contributed by atoms with Crippen molar-refractivity contribution >= 4 is 11.8 Å². The van der Waals surface area contributed by atoms with E-state index in [9.17, 15) is 0 Å². The molecule has 0 aliphatic carbocycles. The van der Waals surface area contributed by atoms with Crippen LogP contribution in [0, 0.1) is 0 Å². The third kappa shape index (κ3) is 3.30. The van der Waals surface area contributed by atoms with Crippen LogP contribution in [-0.4, -0.2) is 32.5 Å². The molecule has 0 spiro atoms. The molecule has 0 amide bonds. The Morgan fingerprint density at radius 3 is 2.72 bits per heavy atom. The topological polar surface area (TPSA) is 55.6 Å². The number of nitrogens with zero attached hydrogens (tertiary/aromatic N) is 4. The minimum Gasteiger partial charge on any atom is -0.309 e. The van der Waals surface area contributed by atoms with Crippen molar-refractivity contribution in [3.63, 3.8) is 0 Å². The summed E-state index contributed by atoms with van der Waals surface area (Å²) < 4.78 is 1.69. The van der Waals surface area contributed by atoms with Crippen LogP contribution in [0.3, 0.4) is 0 Å². The molecule has 1 heterocycles. The fourth-order valence-electron chi connectivity index (χ4n) is 1.71. The van der Waals surface area contributed by atoms with Crippen molar-refractivity contribution in [1.29, 1.82) is 0 Å². The van der Waals surface area contributed by atoms with Crippen molar-refractivity contribution < 1.29 is 0 Å². The van der Waals surface area contributed by atoms with E-state index in [-0.39, 0.29) is 0 Å². The third-order valence-corrected chi connectivity index (χ3v) is 3.72. The summed E-state index contributed by atoms with van der Waals surface area (Å²) in [6.07, 6.45) is 0. The lowest BCUT2D eigenvalue weighted by Gasteiger charge is -2.17. The van der Waals surface area contributed by atoms with Crippen molar-refractivity contribution in [3.8, 4) is 0 Å². The number of tetrazole rings is 1. The average Bonchev–Trinajstić information content (AvgIpc) is 2.81. The highest BCUT2D eigenvalue weighted by atomic mass is 32.2. The van der Waals surface area contributed by atoms with Gasteiger partial charge >= 0.3 is 0 Å². The predicted molar refractivity (Wildman–Crippen MR) is 72.4 cm³/mol. The Bertz CT molecular complexity index is 470. The van der Waals surface area contributed by atoms with Crippen LogP contribution >= 0.6 is 11.8 Å². The fourth-order valence-corrected chi connectivity index (χ4v) is 2.65. The normalized spacial score (nSPS) is 12.6. The van der Waals surface area contributed by atoms with Gasteiger partial charge < -0.3 is 5.32 Å². The second-order valence-electron chi connectivity index (χ2n) is 3.92. The van der Waals surface area contributed by atoms with Gasteiger partial charge in [0.05, 0.1) is 0 Å². The Kier molecular flexibility index (Phi) is 4.72. The SMILES string of the molecule is CCNC(CSc1nnnn1C)c1ccccc1. The summed E-state index contributed by atoms with van der Waals surface area (Å²) in [5, 5.41) is 15.8. The van der Waals surface area contributed by atoms with E-state index in [2.05, 4.69) is 52.0 Å². The molecular formula is C12H17N5S. The van der Waals surface area contributed by atoms with Gasteiger partial charge in [0, 0.05) is 18.8 Å². The average molecular weight is 263 g/mol. The number of hydrogen-bond acceptors (Lipinski definition) is 5. The zero-order valence-electron chi connectivity index (χ0n) is 10.6. The molecule has 1 N–H and O–H groups in total. The molecule has 1 unspecified atom stereocenters. The number of thioether (sulfide) groups is 1. The molecule has 96 valence electrons. The summed E-state index contributed by atoms with van der Waals surface area (Å²) in [6.45, 7) is 3.06. The van der Waals surface area contributed by atoms with E-state index in [1.54, 1.807) is 16.4 Å². The molecule has 0 aliphatic heterocycles. The smallest absolute Gasteiger partial charge is 0.209 e. The van der Waals surface area contributed by atoms with Crippen LogP contribution in [0.1, 0.15) is 18.5 Å². The number of rotatable bonds is 6. The van der Waals surface area contributed by atoms with Crippen molar-refractivity contribution in [2.45, 2.75) is 18.1 Å². The van der Waals surface area contributed by atoms with Gasteiger partial charge in [-0.2, -0.15) is 0 Å². The van der Waals surface area contributed by atoms with Gasteiger partial charge in [-0.25, -0.2) is 4.68 Å². The van der Waals surface area contributed by atoms with Crippen LogP contribution in [0.25, 0.3) is 0 Å². The minimum absolute atomic E-state index is 0.318. The first-order chi connectivity index (χ1) is 8.81. The molecule has 0 saturated carbocycles. The molecule has 0 bridgehead atoms. The maximum atomic E-state index is 3.98. The molecule has 2 aromatic rings. The molecule has 0 radical (unpaired) electrons. The Morgan fingerprint density at radius 2 is 2.11 bits per heavy atom. The Labute approximate surface area is 111 Å². The second-order valence-corrected chi connectivity index (χ2v) is 4.90. The van der Waals surface area contributed by atoms with Crippen LogP contribution in [0.15, 0.2) is 35.5 Å². The number of hydrogen-bond donors (Lipinski definition) is 1. The summed E-state index contributed by atoms with van der Waals surface area (Å²) in [7, 11) is 1.85. The first kappa shape index (κ1) is 13.0. The van der Waals surface area contributed by atoms with Gasteiger partial charge in [0.25, 0.3) is 0 Å². The maximum Gasteiger partial charge on any atom is 0.209 e. The molecule has 1 aromatic carbocycles. The lowest BCUT2D eigenvalue weighted by Crippen LogP contribution is -2.23. The first-order valence-electron chi connectivity index (χ1n) is 5.94. The highest BCUT2D eigenvalue weighted by Crippen LogP contribution is 2.22. The lowest BCUT2D eigenvalue weighted by atomic mass is 10.1. The number of benzene rings is 1. The third-order valence-electron chi connectivity index (χ3n) is 2.61. The van der Waals surface area contributed by atoms with Crippen LogP contribution < -0.4 is 5.32 Å². The summed E-state index contributed by atoms with van der Waals surface area (Å²) in [6, 6.07) is 10.8. The second kappa shape index (κ2) is 6.51. The Morgan fingerprint density at radius 1 is 1.33 bits per heavy atom. The van der Waals surface area contributed by atoms with Gasteiger partial charge in [-0.1, -0.05) is 49.0 Å². The zero-order chi connectivity index (χ0) is 12.8. The fraction of sp³-hybridized carbons (Fsp3) is 0.417. The molecule has 18 heavy (non-hydrogen) atoms. The molecule has 5 nitrogen and oxygen atoms in total. The summed E-state index contributed by atoms with van der Waals surface area (Å²) >= 11 is 1.66. The van der Waals surface area contributed by atoms with Gasteiger partial charge in [0.15, 0.2) is 0 Å². The van der Waals surface area contributed by atoms with E-state index in [1.165, 1.54) is 5.56 Å². The Balaban J connectivity index is 2.01. The molecule has 1 atom stereocenters. The number of aromatic nitrogens is 4. The standard InChI is InChI=1S/C12H17N5S/c1-3-13-11(10-7-5-4-6-8-10)9-18-12-14-15-16-17(12)2/h4-8,11,13H,3,9H2,1-2H3. The van der Waals surface area contributed by atoms with Gasteiger partial charge in [0.2, 0.25) is 5.16 Å². The number of aryl methyl sites for hydroxylation is 1. The molecule has 6 heteroatoms. The van der Waals surface area contributed by atoms with Gasteiger partial charge in [0.1, 0.15) is 0 Å². The van der Waals surface area contributed by atoms with Gasteiger partial charge in [-0.05, 0) is 22.5 Å². The Hall–Kier alpha value is -1.40. The lowest BCUT2D eigenvalue weighted by molar-refractivity contribution is 0.603. The van der Waals surface area contributed by atoms with Crippen molar-refractivity contribution in [2.24, 2.45) is 7.05 Å². The van der Waals surface area contributed by atoms with Crippen molar-refractivity contribution in [3.05, 3.63) is 35.9 Å². The van der Waals surface area contributed by atoms with Crippen LogP contribution in [0.4, 0.5) is 0 Å². The first-order valence-corrected chi connectivity index (χ1v) is 6.93.